The van der Waals surface area contributed by atoms with E-state index in [2.05, 4.69) is 10.3 Å². The Morgan fingerprint density at radius 2 is 1.78 bits per heavy atom. The zero-order valence-electron chi connectivity index (χ0n) is 20.1. The number of rotatable bonds is 9. The number of aromatic carboxylic acids is 1. The van der Waals surface area contributed by atoms with Crippen LogP contribution in [0.5, 0.6) is 5.75 Å². The van der Waals surface area contributed by atoms with Crippen LogP contribution in [0.3, 0.4) is 0 Å². The van der Waals surface area contributed by atoms with Crippen molar-refractivity contribution < 1.29 is 27.9 Å². The normalized spacial score (nSPS) is 11.9. The highest BCUT2D eigenvalue weighted by Gasteiger charge is 2.31. The molecule has 0 saturated carbocycles. The summed E-state index contributed by atoms with van der Waals surface area (Å²) in [6, 6.07) is 19.2. The summed E-state index contributed by atoms with van der Waals surface area (Å²) < 4.78 is 32.7. The Balaban J connectivity index is 1.86. The van der Waals surface area contributed by atoms with Crippen molar-refractivity contribution in [2.24, 2.45) is 0 Å². The maximum Gasteiger partial charge on any atom is 0.337 e. The van der Waals surface area contributed by atoms with Gasteiger partial charge in [0.1, 0.15) is 5.75 Å². The molecule has 0 aliphatic rings. The van der Waals surface area contributed by atoms with E-state index in [-0.39, 0.29) is 16.1 Å². The van der Waals surface area contributed by atoms with Crippen molar-refractivity contribution in [1.29, 1.82) is 0 Å². The standard InChI is InChI=1S/C28H24N2O6S/c1-18-14-21(24-8-4-3-6-20(24)17-31)15-25(28(32)33)26(18)30-27(19-7-5-13-29-16-19)37(34,35)23-11-9-22(36-2)10-12-23/h3-17,27,30H,1-2H3,(H,32,33). The van der Waals surface area contributed by atoms with Crippen molar-refractivity contribution >= 4 is 27.8 Å². The Morgan fingerprint density at radius 3 is 2.41 bits per heavy atom. The number of pyridine rings is 1. The molecular formula is C28H24N2O6S. The number of aldehydes is 1. The third-order valence-corrected chi connectivity index (χ3v) is 7.87. The fourth-order valence-corrected chi connectivity index (χ4v) is 5.63. The minimum atomic E-state index is -4.06. The molecule has 9 heteroatoms. The monoisotopic (exact) mass is 516 g/mol. The predicted octanol–water partition coefficient (Wildman–Crippen LogP) is 5.16. The number of ether oxygens (including phenoxy) is 1. The number of carbonyl (C=O) groups is 2. The summed E-state index contributed by atoms with van der Waals surface area (Å²) in [7, 11) is -2.57. The van der Waals surface area contributed by atoms with E-state index in [1.165, 1.54) is 37.7 Å². The van der Waals surface area contributed by atoms with Crippen LogP contribution >= 0.6 is 0 Å². The molecule has 4 aromatic rings. The molecule has 0 aliphatic heterocycles. The number of methoxy groups -OCH3 is 1. The van der Waals surface area contributed by atoms with Gasteiger partial charge in [-0.1, -0.05) is 30.3 Å². The van der Waals surface area contributed by atoms with Crippen LogP contribution < -0.4 is 10.1 Å². The predicted molar refractivity (Wildman–Crippen MR) is 140 cm³/mol. The number of aryl methyl sites for hydroxylation is 1. The molecule has 0 radical (unpaired) electrons. The molecule has 188 valence electrons. The summed E-state index contributed by atoms with van der Waals surface area (Å²) >= 11 is 0. The van der Waals surface area contributed by atoms with Crippen LogP contribution in [0.15, 0.2) is 90.1 Å². The number of aromatic nitrogens is 1. The van der Waals surface area contributed by atoms with Crippen molar-refractivity contribution in [3.8, 4) is 16.9 Å². The summed E-state index contributed by atoms with van der Waals surface area (Å²) in [6.45, 7) is 1.68. The lowest BCUT2D eigenvalue weighted by molar-refractivity contribution is 0.0697. The SMILES string of the molecule is COc1ccc(S(=O)(=O)C(Nc2c(C)cc(-c3ccccc3C=O)cc2C(=O)O)c2cccnc2)cc1. The molecule has 0 aliphatic carbocycles. The highest BCUT2D eigenvalue weighted by molar-refractivity contribution is 7.91. The fraction of sp³-hybridized carbons (Fsp3) is 0.107. The van der Waals surface area contributed by atoms with Crippen LogP contribution in [0.2, 0.25) is 0 Å². The Bertz CT molecular complexity index is 1550. The van der Waals surface area contributed by atoms with Gasteiger partial charge in [0.05, 0.1) is 23.3 Å². The Labute approximate surface area is 214 Å². The molecule has 0 spiro atoms. The van der Waals surface area contributed by atoms with E-state index in [1.54, 1.807) is 61.5 Å². The van der Waals surface area contributed by atoms with E-state index in [1.807, 2.05) is 0 Å². The van der Waals surface area contributed by atoms with Gasteiger partial charge in [-0.05, 0) is 66.1 Å². The lowest BCUT2D eigenvalue weighted by Gasteiger charge is -2.24. The van der Waals surface area contributed by atoms with E-state index >= 15 is 0 Å². The Morgan fingerprint density at radius 1 is 1.05 bits per heavy atom. The first-order valence-electron chi connectivity index (χ1n) is 11.2. The minimum Gasteiger partial charge on any atom is -0.497 e. The molecule has 1 heterocycles. The van der Waals surface area contributed by atoms with Gasteiger partial charge in [-0.15, -0.1) is 0 Å². The average molecular weight is 517 g/mol. The highest BCUT2D eigenvalue weighted by atomic mass is 32.2. The number of nitrogens with one attached hydrogen (secondary N) is 1. The quantitative estimate of drug-likeness (QED) is 0.293. The Hall–Kier alpha value is -4.50. The van der Waals surface area contributed by atoms with Gasteiger partial charge in [-0.3, -0.25) is 9.78 Å². The van der Waals surface area contributed by atoms with Crippen molar-refractivity contribution in [3.05, 3.63) is 107 Å². The second kappa shape index (κ2) is 10.6. The maximum absolute atomic E-state index is 13.8. The molecule has 0 saturated heterocycles. The summed E-state index contributed by atoms with van der Waals surface area (Å²) in [5.74, 6) is -0.747. The van der Waals surface area contributed by atoms with Crippen molar-refractivity contribution in [2.75, 3.05) is 12.4 Å². The van der Waals surface area contributed by atoms with Gasteiger partial charge in [0, 0.05) is 23.5 Å². The first kappa shape index (κ1) is 25.6. The topological polar surface area (TPSA) is 123 Å². The molecule has 1 unspecified atom stereocenters. The third kappa shape index (κ3) is 5.22. The van der Waals surface area contributed by atoms with Crippen LogP contribution in [0, 0.1) is 6.92 Å². The molecule has 37 heavy (non-hydrogen) atoms. The van der Waals surface area contributed by atoms with Gasteiger partial charge in [0.2, 0.25) is 9.84 Å². The van der Waals surface area contributed by atoms with E-state index in [4.69, 9.17) is 4.74 Å². The number of sulfone groups is 1. The number of hydrogen-bond acceptors (Lipinski definition) is 7. The smallest absolute Gasteiger partial charge is 0.337 e. The number of carbonyl (C=O) groups excluding carboxylic acids is 1. The first-order chi connectivity index (χ1) is 17.8. The number of nitrogens with zero attached hydrogens (tertiary/aromatic N) is 1. The van der Waals surface area contributed by atoms with E-state index < -0.39 is 21.2 Å². The number of benzene rings is 3. The summed E-state index contributed by atoms with van der Waals surface area (Å²) in [6.07, 6.45) is 3.65. The minimum absolute atomic E-state index is 0.0284. The summed E-state index contributed by atoms with van der Waals surface area (Å²) in [5, 5.41) is 11.7. The van der Waals surface area contributed by atoms with Gasteiger partial charge < -0.3 is 15.2 Å². The van der Waals surface area contributed by atoms with Gasteiger partial charge in [-0.2, -0.15) is 0 Å². The van der Waals surface area contributed by atoms with E-state index in [0.29, 0.717) is 39.9 Å². The number of carboxylic acids is 1. The molecule has 0 bridgehead atoms. The van der Waals surface area contributed by atoms with E-state index in [0.717, 1.165) is 0 Å². The third-order valence-electron chi connectivity index (χ3n) is 5.93. The summed E-state index contributed by atoms with van der Waals surface area (Å²) in [4.78, 5) is 28.0. The molecule has 2 N–H and O–H groups in total. The zero-order chi connectivity index (χ0) is 26.6. The first-order valence-corrected chi connectivity index (χ1v) is 12.8. The summed E-state index contributed by atoms with van der Waals surface area (Å²) in [5.41, 5.74) is 2.36. The van der Waals surface area contributed by atoms with Crippen LogP contribution in [0.1, 0.15) is 37.2 Å². The molecule has 1 atom stereocenters. The Kier molecular flexibility index (Phi) is 7.35. The lowest BCUT2D eigenvalue weighted by Crippen LogP contribution is -2.23. The zero-order valence-corrected chi connectivity index (χ0v) is 20.9. The maximum atomic E-state index is 13.8. The van der Waals surface area contributed by atoms with Crippen LogP contribution in [0.4, 0.5) is 5.69 Å². The van der Waals surface area contributed by atoms with Crippen molar-refractivity contribution in [2.45, 2.75) is 17.2 Å². The molecule has 1 aromatic heterocycles. The van der Waals surface area contributed by atoms with Gasteiger partial charge in [-0.25, -0.2) is 13.2 Å². The van der Waals surface area contributed by atoms with Crippen molar-refractivity contribution in [1.82, 2.24) is 4.98 Å². The molecule has 0 amide bonds. The number of anilines is 1. The van der Waals surface area contributed by atoms with E-state index in [9.17, 15) is 23.1 Å². The van der Waals surface area contributed by atoms with Gasteiger partial charge >= 0.3 is 5.97 Å². The fourth-order valence-electron chi connectivity index (χ4n) is 4.07. The second-order valence-corrected chi connectivity index (χ2v) is 10.3. The molecule has 3 aromatic carbocycles. The van der Waals surface area contributed by atoms with Gasteiger partial charge in [0.15, 0.2) is 11.7 Å². The number of hydrogen-bond donors (Lipinski definition) is 2. The molecule has 0 fully saturated rings. The van der Waals surface area contributed by atoms with Crippen LogP contribution in [0.25, 0.3) is 11.1 Å². The van der Waals surface area contributed by atoms with Crippen LogP contribution in [-0.4, -0.2) is 37.9 Å². The van der Waals surface area contributed by atoms with Gasteiger partial charge in [0.25, 0.3) is 0 Å². The lowest BCUT2D eigenvalue weighted by atomic mass is 9.95. The largest absolute Gasteiger partial charge is 0.497 e. The average Bonchev–Trinajstić information content (AvgIpc) is 2.92. The molecule has 4 rings (SSSR count). The van der Waals surface area contributed by atoms with Crippen LogP contribution in [-0.2, 0) is 9.84 Å². The number of carboxylic acid groups (broad SMARTS) is 1. The second-order valence-electron chi connectivity index (χ2n) is 8.26. The molecule has 8 nitrogen and oxygen atoms in total. The molecular weight excluding hydrogens is 492 g/mol. The highest BCUT2D eigenvalue weighted by Crippen LogP contribution is 2.36. The van der Waals surface area contributed by atoms with Crippen molar-refractivity contribution in [3.63, 3.8) is 0 Å².